The first-order valence-corrected chi connectivity index (χ1v) is 6.00. The Balaban J connectivity index is 2.33. The van der Waals surface area contributed by atoms with E-state index >= 15 is 0 Å². The normalized spacial score (nSPS) is 20.7. The lowest BCUT2D eigenvalue weighted by Gasteiger charge is -2.38. The first-order chi connectivity index (χ1) is 7.00. The molecule has 1 atom stereocenters. The fourth-order valence-electron chi connectivity index (χ4n) is 2.31. The van der Waals surface area contributed by atoms with Gasteiger partial charge in [0.25, 0.3) is 0 Å². The second-order valence-electron chi connectivity index (χ2n) is 5.02. The molecule has 3 nitrogen and oxygen atoms in total. The molecule has 1 saturated heterocycles. The molecule has 1 heterocycles. The van der Waals surface area contributed by atoms with Gasteiger partial charge >= 0.3 is 0 Å². The van der Waals surface area contributed by atoms with Crippen LogP contribution in [-0.4, -0.2) is 47.9 Å². The fourth-order valence-corrected chi connectivity index (χ4v) is 2.31. The van der Waals surface area contributed by atoms with Gasteiger partial charge in [0, 0.05) is 39.1 Å². The maximum absolute atomic E-state index is 11.2. The van der Waals surface area contributed by atoms with E-state index in [0.29, 0.717) is 6.04 Å². The summed E-state index contributed by atoms with van der Waals surface area (Å²) in [5.41, 5.74) is 0. The molecule has 1 aliphatic rings. The predicted molar refractivity (Wildman–Crippen MR) is 62.7 cm³/mol. The zero-order chi connectivity index (χ0) is 11.4. The van der Waals surface area contributed by atoms with Gasteiger partial charge in [0.05, 0.1) is 0 Å². The van der Waals surface area contributed by atoms with Crippen molar-refractivity contribution in [3.63, 3.8) is 0 Å². The topological polar surface area (TPSA) is 23.6 Å². The Morgan fingerprint density at radius 3 is 2.07 bits per heavy atom. The zero-order valence-electron chi connectivity index (χ0n) is 10.5. The van der Waals surface area contributed by atoms with Crippen LogP contribution in [0.1, 0.15) is 34.1 Å². The van der Waals surface area contributed by atoms with E-state index in [4.69, 9.17) is 0 Å². The Bertz CT molecular complexity index is 208. The summed E-state index contributed by atoms with van der Waals surface area (Å²) in [6.45, 7) is 12.4. The number of rotatable bonds is 3. The summed E-state index contributed by atoms with van der Waals surface area (Å²) in [4.78, 5) is 15.6. The highest BCUT2D eigenvalue weighted by Gasteiger charge is 2.22. The summed E-state index contributed by atoms with van der Waals surface area (Å²) in [5.74, 6) is 0.969. The summed E-state index contributed by atoms with van der Waals surface area (Å²) in [7, 11) is 0. The first-order valence-electron chi connectivity index (χ1n) is 6.00. The predicted octanol–water partition coefficient (Wildman–Crippen LogP) is 1.59. The highest BCUT2D eigenvalue weighted by molar-refractivity contribution is 5.73. The van der Waals surface area contributed by atoms with Crippen molar-refractivity contribution in [3.05, 3.63) is 0 Å². The second kappa shape index (κ2) is 5.50. The van der Waals surface area contributed by atoms with Crippen LogP contribution in [0.15, 0.2) is 0 Å². The number of amides is 1. The first kappa shape index (κ1) is 12.5. The molecule has 0 N–H and O–H groups in total. The molecule has 0 aromatic rings. The average Bonchev–Trinajstić information content (AvgIpc) is 2.17. The van der Waals surface area contributed by atoms with E-state index < -0.39 is 0 Å². The lowest BCUT2D eigenvalue weighted by molar-refractivity contribution is -0.130. The molecule has 1 fully saturated rings. The lowest BCUT2D eigenvalue weighted by atomic mass is 10.0. The fraction of sp³-hybridized carbons (Fsp3) is 0.917. The molecule has 1 rings (SSSR count). The summed E-state index contributed by atoms with van der Waals surface area (Å²) in [6.07, 6.45) is 1.25. The van der Waals surface area contributed by atoms with Gasteiger partial charge in [-0.15, -0.1) is 0 Å². The van der Waals surface area contributed by atoms with Crippen molar-refractivity contribution >= 4 is 5.91 Å². The van der Waals surface area contributed by atoms with Gasteiger partial charge in [-0.25, -0.2) is 0 Å². The van der Waals surface area contributed by atoms with Gasteiger partial charge in [0.2, 0.25) is 5.91 Å². The molecule has 15 heavy (non-hydrogen) atoms. The minimum atomic E-state index is 0.214. The van der Waals surface area contributed by atoms with E-state index in [1.807, 2.05) is 4.90 Å². The molecule has 0 aromatic heterocycles. The maximum Gasteiger partial charge on any atom is 0.219 e. The Labute approximate surface area is 93.4 Å². The molecule has 1 aliphatic heterocycles. The van der Waals surface area contributed by atoms with Crippen molar-refractivity contribution in [2.24, 2.45) is 5.92 Å². The molecule has 0 radical (unpaired) electrons. The number of hydrogen-bond donors (Lipinski definition) is 0. The van der Waals surface area contributed by atoms with Crippen LogP contribution in [0.3, 0.4) is 0 Å². The molecule has 0 saturated carbocycles. The minimum absolute atomic E-state index is 0.214. The SMILES string of the molecule is CC(=O)N1CCN(C(C)CC(C)C)CC1. The van der Waals surface area contributed by atoms with Gasteiger partial charge in [-0.1, -0.05) is 13.8 Å². The van der Waals surface area contributed by atoms with Crippen LogP contribution in [0.5, 0.6) is 0 Å². The highest BCUT2D eigenvalue weighted by atomic mass is 16.2. The van der Waals surface area contributed by atoms with Gasteiger partial charge in [-0.05, 0) is 19.3 Å². The third-order valence-corrected chi connectivity index (χ3v) is 3.20. The highest BCUT2D eigenvalue weighted by Crippen LogP contribution is 2.13. The van der Waals surface area contributed by atoms with Crippen LogP contribution in [-0.2, 0) is 4.79 Å². The quantitative estimate of drug-likeness (QED) is 0.709. The number of carbonyl (C=O) groups is 1. The van der Waals surface area contributed by atoms with Crippen LogP contribution >= 0.6 is 0 Å². The van der Waals surface area contributed by atoms with Crippen LogP contribution in [0.4, 0.5) is 0 Å². The molecule has 1 amide bonds. The Kier molecular flexibility index (Phi) is 4.58. The second-order valence-corrected chi connectivity index (χ2v) is 5.02. The molecule has 0 aromatic carbocycles. The van der Waals surface area contributed by atoms with E-state index in [1.54, 1.807) is 6.92 Å². The Morgan fingerprint density at radius 2 is 1.67 bits per heavy atom. The van der Waals surface area contributed by atoms with Gasteiger partial charge in [0.1, 0.15) is 0 Å². The van der Waals surface area contributed by atoms with Crippen LogP contribution < -0.4 is 0 Å². The number of carbonyl (C=O) groups excluding carboxylic acids is 1. The Morgan fingerprint density at radius 1 is 1.13 bits per heavy atom. The van der Waals surface area contributed by atoms with Crippen molar-refractivity contribution in [2.75, 3.05) is 26.2 Å². The summed E-state index contributed by atoms with van der Waals surface area (Å²) >= 11 is 0. The van der Waals surface area contributed by atoms with E-state index in [1.165, 1.54) is 6.42 Å². The average molecular weight is 212 g/mol. The number of nitrogens with zero attached hydrogens (tertiary/aromatic N) is 2. The minimum Gasteiger partial charge on any atom is -0.340 e. The van der Waals surface area contributed by atoms with E-state index in [-0.39, 0.29) is 5.91 Å². The number of hydrogen-bond acceptors (Lipinski definition) is 2. The third kappa shape index (κ3) is 3.82. The number of piperazine rings is 1. The van der Waals surface area contributed by atoms with Crippen LogP contribution in [0.2, 0.25) is 0 Å². The van der Waals surface area contributed by atoms with E-state index in [9.17, 15) is 4.79 Å². The molecule has 0 bridgehead atoms. The van der Waals surface area contributed by atoms with Gasteiger partial charge < -0.3 is 4.90 Å². The molecule has 0 aliphatic carbocycles. The van der Waals surface area contributed by atoms with Gasteiger partial charge in [0.15, 0.2) is 0 Å². The van der Waals surface area contributed by atoms with E-state index in [0.717, 1.165) is 32.1 Å². The van der Waals surface area contributed by atoms with Crippen molar-refractivity contribution in [1.29, 1.82) is 0 Å². The largest absolute Gasteiger partial charge is 0.340 e. The monoisotopic (exact) mass is 212 g/mol. The molecule has 88 valence electrons. The van der Waals surface area contributed by atoms with Crippen molar-refractivity contribution in [2.45, 2.75) is 40.2 Å². The van der Waals surface area contributed by atoms with Gasteiger partial charge in [-0.3, -0.25) is 9.69 Å². The molecular formula is C12H24N2O. The van der Waals surface area contributed by atoms with Crippen molar-refractivity contribution in [1.82, 2.24) is 9.80 Å². The van der Waals surface area contributed by atoms with Crippen molar-refractivity contribution in [3.8, 4) is 0 Å². The molecule has 0 spiro atoms. The summed E-state index contributed by atoms with van der Waals surface area (Å²) in [5, 5.41) is 0. The van der Waals surface area contributed by atoms with Gasteiger partial charge in [-0.2, -0.15) is 0 Å². The summed E-state index contributed by atoms with van der Waals surface area (Å²) < 4.78 is 0. The van der Waals surface area contributed by atoms with Crippen LogP contribution in [0.25, 0.3) is 0 Å². The van der Waals surface area contributed by atoms with Crippen molar-refractivity contribution < 1.29 is 4.79 Å². The van der Waals surface area contributed by atoms with Crippen LogP contribution in [0, 0.1) is 5.92 Å². The Hall–Kier alpha value is -0.570. The zero-order valence-corrected chi connectivity index (χ0v) is 10.5. The van der Waals surface area contributed by atoms with E-state index in [2.05, 4.69) is 25.7 Å². The smallest absolute Gasteiger partial charge is 0.219 e. The molecule has 3 heteroatoms. The maximum atomic E-state index is 11.2. The standard InChI is InChI=1S/C12H24N2O/c1-10(2)9-11(3)13-5-7-14(8-6-13)12(4)15/h10-11H,5-9H2,1-4H3. The molecule has 1 unspecified atom stereocenters. The lowest BCUT2D eigenvalue weighted by Crippen LogP contribution is -2.51. The molecular weight excluding hydrogens is 188 g/mol. The third-order valence-electron chi connectivity index (χ3n) is 3.20. The summed E-state index contributed by atoms with van der Waals surface area (Å²) in [6, 6.07) is 0.652.